The fourth-order valence-electron chi connectivity index (χ4n) is 1.82. The van der Waals surface area contributed by atoms with Crippen LogP contribution in [0, 0.1) is 6.92 Å². The van der Waals surface area contributed by atoms with Gasteiger partial charge < -0.3 is 9.84 Å². The van der Waals surface area contributed by atoms with Crippen LogP contribution in [0.1, 0.15) is 24.0 Å². The van der Waals surface area contributed by atoms with E-state index in [1.54, 1.807) is 12.1 Å². The first-order chi connectivity index (χ1) is 6.63. The number of rotatable bonds is 1. The van der Waals surface area contributed by atoms with Crippen molar-refractivity contribution in [2.24, 2.45) is 0 Å². The minimum absolute atomic E-state index is 0.0335. The van der Waals surface area contributed by atoms with Crippen LogP contribution in [0.2, 0.25) is 0 Å². The molecule has 2 nitrogen and oxygen atoms in total. The Labute approximate surface area is 83.8 Å². The van der Waals surface area contributed by atoms with Crippen LogP contribution in [0.25, 0.3) is 0 Å². The van der Waals surface area contributed by atoms with E-state index in [0.717, 1.165) is 16.9 Å². The third-order valence-electron chi connectivity index (χ3n) is 2.81. The summed E-state index contributed by atoms with van der Waals surface area (Å²) in [5, 5.41) is 9.58. The van der Waals surface area contributed by atoms with E-state index >= 15 is 0 Å². The van der Waals surface area contributed by atoms with E-state index in [1.807, 2.05) is 13.0 Å². The summed E-state index contributed by atoms with van der Waals surface area (Å²) >= 11 is 0. The van der Waals surface area contributed by atoms with Crippen LogP contribution in [0.3, 0.4) is 0 Å². The Balaban J connectivity index is 2.49. The maximum Gasteiger partial charge on any atom is 0.124 e. The smallest absolute Gasteiger partial charge is 0.124 e. The molecule has 1 heterocycles. The standard InChI is InChI=1S/C12H14O2/c1-4-11-8(3)9-6-10(13)7(2)5-12(9)14-11/h4-6,8,11,13H,1H2,2-3H3. The van der Waals surface area contributed by atoms with Crippen molar-refractivity contribution < 1.29 is 9.84 Å². The van der Waals surface area contributed by atoms with Crippen molar-refractivity contribution in [1.82, 2.24) is 0 Å². The van der Waals surface area contributed by atoms with Gasteiger partial charge in [0.15, 0.2) is 0 Å². The van der Waals surface area contributed by atoms with Gasteiger partial charge in [-0.25, -0.2) is 0 Å². The number of aromatic hydroxyl groups is 1. The van der Waals surface area contributed by atoms with Gasteiger partial charge in [0.05, 0.1) is 0 Å². The zero-order valence-electron chi connectivity index (χ0n) is 8.45. The molecule has 2 unspecified atom stereocenters. The molecule has 2 rings (SSSR count). The van der Waals surface area contributed by atoms with E-state index in [4.69, 9.17) is 4.74 Å². The highest BCUT2D eigenvalue weighted by Gasteiger charge is 2.29. The topological polar surface area (TPSA) is 29.5 Å². The fraction of sp³-hybridized carbons (Fsp3) is 0.333. The molecule has 0 fully saturated rings. The summed E-state index contributed by atoms with van der Waals surface area (Å²) in [6.07, 6.45) is 1.84. The van der Waals surface area contributed by atoms with Gasteiger partial charge in [-0.15, -0.1) is 0 Å². The molecule has 0 radical (unpaired) electrons. The SMILES string of the molecule is C=CC1Oc2cc(C)c(O)cc2C1C. The quantitative estimate of drug-likeness (QED) is 0.690. The lowest BCUT2D eigenvalue weighted by molar-refractivity contribution is 0.262. The van der Waals surface area contributed by atoms with Gasteiger partial charge in [-0.1, -0.05) is 19.6 Å². The summed E-state index contributed by atoms with van der Waals surface area (Å²) in [4.78, 5) is 0. The molecular weight excluding hydrogens is 176 g/mol. The van der Waals surface area contributed by atoms with Gasteiger partial charge in [-0.3, -0.25) is 0 Å². The van der Waals surface area contributed by atoms with E-state index < -0.39 is 0 Å². The Bertz CT molecular complexity index is 382. The molecule has 0 bridgehead atoms. The summed E-state index contributed by atoms with van der Waals surface area (Å²) < 4.78 is 5.68. The van der Waals surface area contributed by atoms with Crippen LogP contribution >= 0.6 is 0 Å². The highest BCUT2D eigenvalue weighted by molar-refractivity contribution is 5.50. The third kappa shape index (κ3) is 1.18. The number of ether oxygens (including phenoxy) is 1. The molecule has 1 aliphatic rings. The predicted octanol–water partition coefficient (Wildman–Crippen LogP) is 2.75. The Morgan fingerprint density at radius 1 is 1.50 bits per heavy atom. The largest absolute Gasteiger partial charge is 0.508 e. The van der Waals surface area contributed by atoms with Crippen molar-refractivity contribution in [1.29, 1.82) is 0 Å². The molecule has 14 heavy (non-hydrogen) atoms. The van der Waals surface area contributed by atoms with Crippen molar-refractivity contribution in [2.75, 3.05) is 0 Å². The van der Waals surface area contributed by atoms with E-state index in [9.17, 15) is 5.11 Å². The van der Waals surface area contributed by atoms with E-state index in [0.29, 0.717) is 5.75 Å². The highest BCUT2D eigenvalue weighted by atomic mass is 16.5. The lowest BCUT2D eigenvalue weighted by atomic mass is 9.96. The van der Waals surface area contributed by atoms with Crippen LogP contribution in [0.4, 0.5) is 0 Å². The number of hydrogen-bond donors (Lipinski definition) is 1. The molecule has 74 valence electrons. The Morgan fingerprint density at radius 3 is 2.86 bits per heavy atom. The molecule has 1 aliphatic heterocycles. The lowest BCUT2D eigenvalue weighted by Gasteiger charge is -2.08. The van der Waals surface area contributed by atoms with Crippen LogP contribution < -0.4 is 4.74 Å². The molecule has 2 atom stereocenters. The minimum Gasteiger partial charge on any atom is -0.508 e. The summed E-state index contributed by atoms with van der Waals surface area (Å²) in [6.45, 7) is 7.68. The fourth-order valence-corrected chi connectivity index (χ4v) is 1.82. The maximum absolute atomic E-state index is 9.58. The molecule has 1 aromatic rings. The average molecular weight is 190 g/mol. The number of phenols is 1. The van der Waals surface area contributed by atoms with Crippen LogP contribution in [0.15, 0.2) is 24.8 Å². The molecule has 0 spiro atoms. The predicted molar refractivity (Wildman–Crippen MR) is 55.9 cm³/mol. The first-order valence-corrected chi connectivity index (χ1v) is 4.76. The Kier molecular flexibility index (Phi) is 1.99. The van der Waals surface area contributed by atoms with Crippen molar-refractivity contribution in [2.45, 2.75) is 25.9 Å². The molecule has 0 saturated heterocycles. The van der Waals surface area contributed by atoms with Gasteiger partial charge in [-0.2, -0.15) is 0 Å². The average Bonchev–Trinajstić information content (AvgIpc) is 2.45. The maximum atomic E-state index is 9.58. The van der Waals surface area contributed by atoms with Crippen molar-refractivity contribution >= 4 is 0 Å². The molecule has 0 aromatic heterocycles. The first-order valence-electron chi connectivity index (χ1n) is 4.76. The second-order valence-electron chi connectivity index (χ2n) is 3.78. The Hall–Kier alpha value is -1.44. The minimum atomic E-state index is 0.0335. The van der Waals surface area contributed by atoms with E-state index in [-0.39, 0.29) is 12.0 Å². The van der Waals surface area contributed by atoms with Crippen LogP contribution in [-0.2, 0) is 0 Å². The van der Waals surface area contributed by atoms with Gasteiger partial charge >= 0.3 is 0 Å². The molecule has 0 saturated carbocycles. The monoisotopic (exact) mass is 190 g/mol. The van der Waals surface area contributed by atoms with Gasteiger partial charge in [-0.05, 0) is 24.6 Å². The zero-order valence-corrected chi connectivity index (χ0v) is 8.45. The van der Waals surface area contributed by atoms with Gasteiger partial charge in [0.2, 0.25) is 0 Å². The van der Waals surface area contributed by atoms with Crippen molar-refractivity contribution in [3.8, 4) is 11.5 Å². The van der Waals surface area contributed by atoms with Gasteiger partial charge in [0.25, 0.3) is 0 Å². The van der Waals surface area contributed by atoms with Crippen LogP contribution in [-0.4, -0.2) is 11.2 Å². The summed E-state index contributed by atoms with van der Waals surface area (Å²) in [5.41, 5.74) is 1.92. The lowest BCUT2D eigenvalue weighted by Crippen LogP contribution is -2.12. The highest BCUT2D eigenvalue weighted by Crippen LogP contribution is 2.41. The summed E-state index contributed by atoms with van der Waals surface area (Å²) in [6, 6.07) is 3.67. The van der Waals surface area contributed by atoms with Gasteiger partial charge in [0, 0.05) is 11.5 Å². The van der Waals surface area contributed by atoms with Crippen molar-refractivity contribution in [3.05, 3.63) is 35.9 Å². The number of hydrogen-bond acceptors (Lipinski definition) is 2. The summed E-state index contributed by atoms with van der Waals surface area (Å²) in [7, 11) is 0. The molecular formula is C12H14O2. The molecule has 2 heteroatoms. The zero-order chi connectivity index (χ0) is 10.3. The number of aryl methyl sites for hydroxylation is 1. The summed E-state index contributed by atoms with van der Waals surface area (Å²) in [5.74, 6) is 1.48. The molecule has 0 amide bonds. The Morgan fingerprint density at radius 2 is 2.21 bits per heavy atom. The number of phenolic OH excluding ortho intramolecular Hbond substituents is 1. The first kappa shape index (κ1) is 9.13. The third-order valence-corrected chi connectivity index (χ3v) is 2.81. The van der Waals surface area contributed by atoms with E-state index in [2.05, 4.69) is 13.5 Å². The molecule has 0 aliphatic carbocycles. The van der Waals surface area contributed by atoms with Gasteiger partial charge in [0.1, 0.15) is 17.6 Å². The molecule has 1 N–H and O–H groups in total. The molecule has 1 aromatic carbocycles. The second kappa shape index (κ2) is 3.05. The normalized spacial score (nSPS) is 24.1. The number of benzene rings is 1. The second-order valence-corrected chi connectivity index (χ2v) is 3.78. The van der Waals surface area contributed by atoms with Crippen molar-refractivity contribution in [3.63, 3.8) is 0 Å². The number of fused-ring (bicyclic) bond motifs is 1. The van der Waals surface area contributed by atoms with Crippen LogP contribution in [0.5, 0.6) is 11.5 Å². The van der Waals surface area contributed by atoms with E-state index in [1.165, 1.54) is 0 Å².